The van der Waals surface area contributed by atoms with Crippen LogP contribution in [0, 0.1) is 11.7 Å². The standard InChI is InChI=1S/C12H17BrClFN2O2S/c1-6(2)7(3)17(4)20(18,19)9-5-8(14)10(13)12(16)11(9)15/h5-7H,16H2,1-4H3. The Bertz CT molecular complexity index is 622. The lowest BCUT2D eigenvalue weighted by Gasteiger charge is -2.27. The lowest BCUT2D eigenvalue weighted by atomic mass is 10.1. The molecule has 114 valence electrons. The van der Waals surface area contributed by atoms with E-state index in [0.717, 1.165) is 10.4 Å². The maximum absolute atomic E-state index is 14.1. The second-order valence-electron chi connectivity index (χ2n) is 4.90. The van der Waals surface area contributed by atoms with E-state index in [1.807, 2.05) is 13.8 Å². The van der Waals surface area contributed by atoms with Gasteiger partial charge in [-0.2, -0.15) is 4.31 Å². The minimum absolute atomic E-state index is 0.0491. The van der Waals surface area contributed by atoms with Crippen LogP contribution in [0.15, 0.2) is 15.4 Å². The molecule has 1 unspecified atom stereocenters. The first-order valence-electron chi connectivity index (χ1n) is 5.92. The van der Waals surface area contributed by atoms with Gasteiger partial charge in [-0.25, -0.2) is 12.8 Å². The van der Waals surface area contributed by atoms with E-state index in [4.69, 9.17) is 17.3 Å². The largest absolute Gasteiger partial charge is 0.395 e. The van der Waals surface area contributed by atoms with Crippen LogP contribution in [0.4, 0.5) is 10.1 Å². The normalized spacial score (nSPS) is 14.1. The van der Waals surface area contributed by atoms with Gasteiger partial charge in [0.25, 0.3) is 0 Å². The third-order valence-corrected chi connectivity index (χ3v) is 6.68. The number of halogens is 3. The summed E-state index contributed by atoms with van der Waals surface area (Å²) in [4.78, 5) is -0.516. The Morgan fingerprint density at radius 2 is 1.90 bits per heavy atom. The van der Waals surface area contributed by atoms with Crippen LogP contribution in [0.25, 0.3) is 0 Å². The summed E-state index contributed by atoms with van der Waals surface area (Å²) in [6, 6.07) is 0.777. The van der Waals surface area contributed by atoms with Crippen molar-refractivity contribution >= 4 is 43.2 Å². The zero-order valence-electron chi connectivity index (χ0n) is 11.6. The van der Waals surface area contributed by atoms with Gasteiger partial charge in [0.1, 0.15) is 4.90 Å². The summed E-state index contributed by atoms with van der Waals surface area (Å²) in [5.74, 6) is -0.912. The number of hydrogen-bond acceptors (Lipinski definition) is 3. The molecular formula is C12H17BrClFN2O2S. The summed E-state index contributed by atoms with van der Waals surface area (Å²) in [5, 5.41) is 0.0491. The van der Waals surface area contributed by atoms with Gasteiger partial charge in [0.2, 0.25) is 10.0 Å². The zero-order chi connectivity index (χ0) is 15.8. The molecule has 20 heavy (non-hydrogen) atoms. The molecule has 0 fully saturated rings. The highest BCUT2D eigenvalue weighted by Crippen LogP contribution is 2.36. The molecule has 0 heterocycles. The molecule has 0 aromatic heterocycles. The van der Waals surface area contributed by atoms with Crippen molar-refractivity contribution in [1.82, 2.24) is 4.31 Å². The molecule has 1 aromatic carbocycles. The van der Waals surface area contributed by atoms with Gasteiger partial charge in [0.15, 0.2) is 5.82 Å². The first-order valence-corrected chi connectivity index (χ1v) is 8.53. The lowest BCUT2D eigenvalue weighted by Crippen LogP contribution is -2.38. The fraction of sp³-hybridized carbons (Fsp3) is 0.500. The SMILES string of the molecule is CC(C)C(C)N(C)S(=O)(=O)c1cc(Cl)c(Br)c(N)c1F. The van der Waals surface area contributed by atoms with E-state index in [9.17, 15) is 12.8 Å². The van der Waals surface area contributed by atoms with E-state index in [-0.39, 0.29) is 27.1 Å². The molecule has 0 bridgehead atoms. The third-order valence-electron chi connectivity index (χ3n) is 3.35. The topological polar surface area (TPSA) is 63.4 Å². The third kappa shape index (κ3) is 3.10. The summed E-state index contributed by atoms with van der Waals surface area (Å²) in [7, 11) is -2.59. The van der Waals surface area contributed by atoms with Crippen LogP contribution in [-0.4, -0.2) is 25.8 Å². The van der Waals surface area contributed by atoms with Gasteiger partial charge in [-0.1, -0.05) is 25.4 Å². The quantitative estimate of drug-likeness (QED) is 0.635. The van der Waals surface area contributed by atoms with E-state index in [0.29, 0.717) is 0 Å². The van der Waals surface area contributed by atoms with Crippen LogP contribution >= 0.6 is 27.5 Å². The highest BCUT2D eigenvalue weighted by atomic mass is 79.9. The first kappa shape index (κ1) is 17.7. The number of nitrogens with two attached hydrogens (primary N) is 1. The van der Waals surface area contributed by atoms with E-state index >= 15 is 0 Å². The maximum Gasteiger partial charge on any atom is 0.246 e. The second-order valence-corrected chi connectivity index (χ2v) is 8.07. The van der Waals surface area contributed by atoms with Crippen molar-refractivity contribution in [3.8, 4) is 0 Å². The summed E-state index contributed by atoms with van der Waals surface area (Å²) < 4.78 is 40.4. The van der Waals surface area contributed by atoms with Gasteiger partial charge in [0, 0.05) is 13.1 Å². The number of hydrogen-bond donors (Lipinski definition) is 1. The van der Waals surface area contributed by atoms with Crippen LogP contribution in [0.1, 0.15) is 20.8 Å². The molecule has 1 aromatic rings. The van der Waals surface area contributed by atoms with Gasteiger partial charge < -0.3 is 5.73 Å². The van der Waals surface area contributed by atoms with Gasteiger partial charge >= 0.3 is 0 Å². The van der Waals surface area contributed by atoms with Crippen molar-refractivity contribution < 1.29 is 12.8 Å². The van der Waals surface area contributed by atoms with Gasteiger partial charge in [-0.3, -0.25) is 0 Å². The Kier molecular flexibility index (Phi) is 5.46. The lowest BCUT2D eigenvalue weighted by molar-refractivity contribution is 0.314. The monoisotopic (exact) mass is 386 g/mol. The molecule has 0 aliphatic carbocycles. The second kappa shape index (κ2) is 6.17. The van der Waals surface area contributed by atoms with E-state index in [2.05, 4.69) is 15.9 Å². The molecule has 0 saturated carbocycles. The van der Waals surface area contributed by atoms with Gasteiger partial charge in [-0.05, 0) is 34.8 Å². The fourth-order valence-corrected chi connectivity index (χ4v) is 3.74. The number of benzene rings is 1. The number of rotatable bonds is 4. The van der Waals surface area contributed by atoms with Crippen LogP contribution in [0.3, 0.4) is 0 Å². The van der Waals surface area contributed by atoms with Crippen LogP contribution < -0.4 is 5.73 Å². The molecule has 0 spiro atoms. The first-order chi connectivity index (χ1) is 9.01. The number of anilines is 1. The minimum atomic E-state index is -4.00. The summed E-state index contributed by atoms with van der Waals surface area (Å²) in [6.07, 6.45) is 0. The molecule has 0 amide bonds. The van der Waals surface area contributed by atoms with Crippen LogP contribution in [-0.2, 0) is 10.0 Å². The highest BCUT2D eigenvalue weighted by molar-refractivity contribution is 9.10. The molecule has 1 rings (SSSR count). The molecule has 2 N–H and O–H groups in total. The van der Waals surface area contributed by atoms with Crippen molar-refractivity contribution in [2.45, 2.75) is 31.7 Å². The zero-order valence-corrected chi connectivity index (χ0v) is 14.8. The number of nitrogen functional groups attached to an aromatic ring is 1. The molecule has 1 atom stereocenters. The van der Waals surface area contributed by atoms with Crippen molar-refractivity contribution in [1.29, 1.82) is 0 Å². The molecule has 0 saturated heterocycles. The predicted molar refractivity (Wildman–Crippen MR) is 82.8 cm³/mol. The van der Waals surface area contributed by atoms with Gasteiger partial charge in [-0.15, -0.1) is 0 Å². The molecule has 0 aliphatic heterocycles. The number of sulfonamides is 1. The maximum atomic E-state index is 14.1. The summed E-state index contributed by atoms with van der Waals surface area (Å²) in [6.45, 7) is 5.52. The van der Waals surface area contributed by atoms with Crippen molar-refractivity contribution in [2.24, 2.45) is 5.92 Å². The fourth-order valence-electron chi connectivity index (χ4n) is 1.58. The molecule has 0 radical (unpaired) electrons. The number of nitrogens with zero attached hydrogens (tertiary/aromatic N) is 1. The molecule has 8 heteroatoms. The van der Waals surface area contributed by atoms with Crippen LogP contribution in [0.5, 0.6) is 0 Å². The van der Waals surface area contributed by atoms with Crippen molar-refractivity contribution in [2.75, 3.05) is 12.8 Å². The Labute approximate surface area is 132 Å². The Morgan fingerprint density at radius 3 is 2.35 bits per heavy atom. The van der Waals surface area contributed by atoms with Gasteiger partial charge in [0.05, 0.1) is 15.2 Å². The molecular weight excluding hydrogens is 371 g/mol. The predicted octanol–water partition coefficient (Wildman–Crippen LogP) is 3.49. The van der Waals surface area contributed by atoms with Crippen molar-refractivity contribution in [3.63, 3.8) is 0 Å². The summed E-state index contributed by atoms with van der Waals surface area (Å²) in [5.41, 5.74) is 5.21. The van der Waals surface area contributed by atoms with E-state index in [1.165, 1.54) is 7.05 Å². The highest BCUT2D eigenvalue weighted by Gasteiger charge is 2.31. The van der Waals surface area contributed by atoms with Crippen LogP contribution in [0.2, 0.25) is 5.02 Å². The van der Waals surface area contributed by atoms with E-state index in [1.54, 1.807) is 6.92 Å². The molecule has 0 aliphatic rings. The smallest absolute Gasteiger partial charge is 0.246 e. The Balaban J connectivity index is 3.44. The Morgan fingerprint density at radius 1 is 1.40 bits per heavy atom. The average Bonchev–Trinajstić information content (AvgIpc) is 2.38. The summed E-state index contributed by atoms with van der Waals surface area (Å²) >= 11 is 8.88. The van der Waals surface area contributed by atoms with Crippen molar-refractivity contribution in [3.05, 3.63) is 21.4 Å². The minimum Gasteiger partial charge on any atom is -0.395 e. The Hall–Kier alpha value is -0.370. The van der Waals surface area contributed by atoms with E-state index < -0.39 is 20.7 Å². The average molecular weight is 388 g/mol. The molecule has 4 nitrogen and oxygen atoms in total.